The number of hydrogen-bond donors (Lipinski definition) is 1. The van der Waals surface area contributed by atoms with E-state index in [2.05, 4.69) is 5.16 Å². The first kappa shape index (κ1) is 15.4. The maximum Gasteiger partial charge on any atom is 0.358 e. The normalized spacial score (nSPS) is 15.3. The molecule has 1 aliphatic rings. The minimum Gasteiger partial charge on any atom is -0.492 e. The van der Waals surface area contributed by atoms with Crippen molar-refractivity contribution in [2.24, 2.45) is 0 Å². The van der Waals surface area contributed by atoms with Crippen LogP contribution < -0.4 is 9.47 Å². The predicted molar refractivity (Wildman–Crippen MR) is 79.9 cm³/mol. The molecule has 1 aromatic carbocycles. The number of hydrogen-bond acceptors (Lipinski definition) is 6. The van der Waals surface area contributed by atoms with Crippen LogP contribution in [0, 0.1) is 0 Å². The summed E-state index contributed by atoms with van der Waals surface area (Å²) in [4.78, 5) is 10.9. The van der Waals surface area contributed by atoms with Crippen LogP contribution in [0.25, 0.3) is 11.3 Å². The molecule has 1 saturated heterocycles. The van der Waals surface area contributed by atoms with Crippen LogP contribution in [0.3, 0.4) is 0 Å². The van der Waals surface area contributed by atoms with Gasteiger partial charge >= 0.3 is 5.97 Å². The predicted octanol–water partition coefficient (Wildman–Crippen LogP) is 2.61. The smallest absolute Gasteiger partial charge is 0.358 e. The zero-order chi connectivity index (χ0) is 16.2. The maximum absolute atomic E-state index is 10.9. The van der Waals surface area contributed by atoms with Crippen molar-refractivity contribution in [3.63, 3.8) is 0 Å². The summed E-state index contributed by atoms with van der Waals surface area (Å²) in [6, 6.07) is 6.74. The third-order valence-electron chi connectivity index (χ3n) is 3.64. The molecule has 1 aliphatic heterocycles. The molecule has 0 bridgehead atoms. The summed E-state index contributed by atoms with van der Waals surface area (Å²) in [7, 11) is 1.53. The van der Waals surface area contributed by atoms with E-state index < -0.39 is 5.97 Å². The van der Waals surface area contributed by atoms with Crippen molar-refractivity contribution in [1.82, 2.24) is 5.16 Å². The molecule has 0 saturated carbocycles. The second kappa shape index (κ2) is 6.70. The fourth-order valence-electron chi connectivity index (χ4n) is 2.49. The van der Waals surface area contributed by atoms with E-state index in [9.17, 15) is 4.79 Å². The Kier molecular flexibility index (Phi) is 4.47. The van der Waals surface area contributed by atoms with Crippen LogP contribution >= 0.6 is 0 Å². The molecule has 122 valence electrons. The molecule has 2 aromatic rings. The molecule has 0 amide bonds. The van der Waals surface area contributed by atoms with Crippen LogP contribution in [-0.2, 0) is 4.74 Å². The fraction of sp³-hybridized carbons (Fsp3) is 0.375. The molecule has 23 heavy (non-hydrogen) atoms. The Balaban J connectivity index is 1.90. The van der Waals surface area contributed by atoms with Crippen LogP contribution in [0.15, 0.2) is 28.8 Å². The lowest BCUT2D eigenvalue weighted by molar-refractivity contribution is 0.0246. The maximum atomic E-state index is 10.9. The molecule has 3 rings (SSSR count). The number of aromatic nitrogens is 1. The lowest BCUT2D eigenvalue weighted by Gasteiger charge is -2.24. The van der Waals surface area contributed by atoms with E-state index >= 15 is 0 Å². The lowest BCUT2D eigenvalue weighted by atomic mass is 10.1. The molecule has 1 N–H and O–H groups in total. The number of carboxylic acids is 1. The van der Waals surface area contributed by atoms with Gasteiger partial charge in [0.05, 0.1) is 25.9 Å². The van der Waals surface area contributed by atoms with Gasteiger partial charge in [-0.1, -0.05) is 11.2 Å². The Hall–Kier alpha value is -2.54. The van der Waals surface area contributed by atoms with E-state index in [0.717, 1.165) is 12.8 Å². The quantitative estimate of drug-likeness (QED) is 0.905. The fourth-order valence-corrected chi connectivity index (χ4v) is 2.49. The minimum absolute atomic E-state index is 0.0669. The molecular weight excluding hydrogens is 302 g/mol. The van der Waals surface area contributed by atoms with E-state index in [-0.39, 0.29) is 11.8 Å². The van der Waals surface area contributed by atoms with Crippen LogP contribution in [-0.4, -0.2) is 42.7 Å². The van der Waals surface area contributed by atoms with Gasteiger partial charge in [-0.05, 0) is 12.1 Å². The van der Waals surface area contributed by atoms with E-state index in [1.165, 1.54) is 13.2 Å². The molecule has 7 heteroatoms. The standard InChI is InChI=1S/C16H17NO6/c1-20-15-11(14-9-12(16(18)19)17-23-14)3-2-4-13(15)22-10-5-7-21-8-6-10/h2-4,9-10H,5-8H2,1H3,(H,18,19). The zero-order valence-corrected chi connectivity index (χ0v) is 12.7. The van der Waals surface area contributed by atoms with E-state index in [1.54, 1.807) is 12.1 Å². The molecule has 2 heterocycles. The number of methoxy groups -OCH3 is 1. The zero-order valence-electron chi connectivity index (χ0n) is 12.7. The molecular formula is C16H17NO6. The van der Waals surface area contributed by atoms with Crippen LogP contribution in [0.1, 0.15) is 23.3 Å². The van der Waals surface area contributed by atoms with Crippen molar-refractivity contribution in [3.05, 3.63) is 30.0 Å². The Morgan fingerprint density at radius 3 is 2.78 bits per heavy atom. The summed E-state index contributed by atoms with van der Waals surface area (Å²) in [5.41, 5.74) is 0.440. The van der Waals surface area contributed by atoms with Gasteiger partial charge in [0.15, 0.2) is 23.0 Å². The monoisotopic (exact) mass is 319 g/mol. The van der Waals surface area contributed by atoms with Gasteiger partial charge in [0.1, 0.15) is 6.10 Å². The highest BCUT2D eigenvalue weighted by Gasteiger charge is 2.21. The van der Waals surface area contributed by atoms with E-state index in [0.29, 0.717) is 36.0 Å². The molecule has 0 spiro atoms. The largest absolute Gasteiger partial charge is 0.492 e. The van der Waals surface area contributed by atoms with Gasteiger partial charge in [0.25, 0.3) is 0 Å². The second-order valence-electron chi connectivity index (χ2n) is 5.15. The molecule has 0 aliphatic carbocycles. The topological polar surface area (TPSA) is 91.0 Å². The van der Waals surface area contributed by atoms with Gasteiger partial charge in [-0.25, -0.2) is 4.79 Å². The molecule has 0 atom stereocenters. The average Bonchev–Trinajstić information content (AvgIpc) is 3.06. The first-order chi connectivity index (χ1) is 11.2. The molecule has 0 radical (unpaired) electrons. The average molecular weight is 319 g/mol. The highest BCUT2D eigenvalue weighted by molar-refractivity contribution is 5.87. The van der Waals surface area contributed by atoms with Crippen molar-refractivity contribution in [2.45, 2.75) is 18.9 Å². The van der Waals surface area contributed by atoms with Gasteiger partial charge in [-0.2, -0.15) is 0 Å². The van der Waals surface area contributed by atoms with Crippen molar-refractivity contribution in [2.75, 3.05) is 20.3 Å². The molecule has 1 fully saturated rings. The number of rotatable bonds is 5. The van der Waals surface area contributed by atoms with Crippen LogP contribution in [0.5, 0.6) is 11.5 Å². The number of para-hydroxylation sites is 1. The van der Waals surface area contributed by atoms with Gasteiger partial charge in [0.2, 0.25) is 0 Å². The third-order valence-corrected chi connectivity index (χ3v) is 3.64. The number of aromatic carboxylic acids is 1. The first-order valence-electron chi connectivity index (χ1n) is 7.31. The van der Waals surface area contributed by atoms with Gasteiger partial charge in [-0.3, -0.25) is 0 Å². The Morgan fingerprint density at radius 1 is 1.35 bits per heavy atom. The highest BCUT2D eigenvalue weighted by atomic mass is 16.5. The van der Waals surface area contributed by atoms with Crippen molar-refractivity contribution in [3.8, 4) is 22.8 Å². The summed E-state index contributed by atoms with van der Waals surface area (Å²) in [5.74, 6) is 0.252. The molecule has 1 aromatic heterocycles. The summed E-state index contributed by atoms with van der Waals surface area (Å²) < 4.78 is 21.9. The van der Waals surface area contributed by atoms with Crippen molar-refractivity contribution >= 4 is 5.97 Å². The Labute approximate surface area is 132 Å². The second-order valence-corrected chi connectivity index (χ2v) is 5.15. The number of nitrogens with zero attached hydrogens (tertiary/aromatic N) is 1. The SMILES string of the molecule is COc1c(OC2CCOCC2)cccc1-c1cc(C(=O)O)no1. The van der Waals surface area contributed by atoms with Crippen LogP contribution in [0.2, 0.25) is 0 Å². The molecule has 7 nitrogen and oxygen atoms in total. The lowest BCUT2D eigenvalue weighted by Crippen LogP contribution is -2.26. The number of benzene rings is 1. The summed E-state index contributed by atoms with van der Waals surface area (Å²) >= 11 is 0. The Bertz CT molecular complexity index is 690. The van der Waals surface area contributed by atoms with Gasteiger partial charge < -0.3 is 23.8 Å². The third kappa shape index (κ3) is 3.29. The van der Waals surface area contributed by atoms with E-state index in [1.807, 2.05) is 6.07 Å². The highest BCUT2D eigenvalue weighted by Crippen LogP contribution is 2.39. The van der Waals surface area contributed by atoms with Crippen molar-refractivity contribution in [1.29, 1.82) is 0 Å². The Morgan fingerprint density at radius 2 is 2.13 bits per heavy atom. The van der Waals surface area contributed by atoms with Gasteiger partial charge in [-0.15, -0.1) is 0 Å². The summed E-state index contributed by atoms with van der Waals surface area (Å²) in [5, 5.41) is 12.5. The van der Waals surface area contributed by atoms with Crippen molar-refractivity contribution < 1.29 is 28.6 Å². The summed E-state index contributed by atoms with van der Waals surface area (Å²) in [6.45, 7) is 1.35. The number of ether oxygens (including phenoxy) is 3. The van der Waals surface area contributed by atoms with Crippen LogP contribution in [0.4, 0.5) is 0 Å². The molecule has 0 unspecified atom stereocenters. The number of carboxylic acid groups (broad SMARTS) is 1. The first-order valence-corrected chi connectivity index (χ1v) is 7.31. The summed E-state index contributed by atoms with van der Waals surface area (Å²) in [6.07, 6.45) is 1.70. The van der Waals surface area contributed by atoms with E-state index in [4.69, 9.17) is 23.8 Å². The minimum atomic E-state index is -1.14. The van der Waals surface area contributed by atoms with Gasteiger partial charge in [0, 0.05) is 18.9 Å². The number of carbonyl (C=O) groups is 1.